The molecule has 0 spiro atoms. The van der Waals surface area contributed by atoms with Gasteiger partial charge in [-0.15, -0.1) is 0 Å². The molecular formula is C25H26F2N2O4. The van der Waals surface area contributed by atoms with Crippen molar-refractivity contribution < 1.29 is 28.2 Å². The molecule has 33 heavy (non-hydrogen) atoms. The molecule has 2 aliphatic heterocycles. The van der Waals surface area contributed by atoms with Crippen LogP contribution in [-0.4, -0.2) is 48.3 Å². The SMILES string of the molecule is O=C(O)CCN1CCC2NC(c3ccc(OCc4ccc(OC(F)F)cc4)cc3)=CC=C2C1. The summed E-state index contributed by atoms with van der Waals surface area (Å²) in [6, 6.07) is 14.4. The Kier molecular flexibility index (Phi) is 7.24. The molecule has 0 bridgehead atoms. The van der Waals surface area contributed by atoms with Gasteiger partial charge in [-0.1, -0.05) is 18.2 Å². The average Bonchev–Trinajstić information content (AvgIpc) is 2.82. The number of fused-ring (bicyclic) bond motifs is 1. The van der Waals surface area contributed by atoms with Gasteiger partial charge >= 0.3 is 12.6 Å². The third-order valence-electron chi connectivity index (χ3n) is 5.74. The summed E-state index contributed by atoms with van der Waals surface area (Å²) in [5.41, 5.74) is 4.23. The predicted octanol–water partition coefficient (Wildman–Crippen LogP) is 4.29. The Morgan fingerprint density at radius 3 is 2.52 bits per heavy atom. The van der Waals surface area contributed by atoms with Crippen LogP contribution >= 0.6 is 0 Å². The number of piperidine rings is 1. The van der Waals surface area contributed by atoms with Gasteiger partial charge in [0.1, 0.15) is 18.1 Å². The lowest BCUT2D eigenvalue weighted by molar-refractivity contribution is -0.137. The van der Waals surface area contributed by atoms with Crippen molar-refractivity contribution >= 4 is 11.7 Å². The van der Waals surface area contributed by atoms with Crippen molar-refractivity contribution in [2.75, 3.05) is 19.6 Å². The van der Waals surface area contributed by atoms with E-state index >= 15 is 0 Å². The standard InChI is InChI=1S/C25H26F2N2O4/c26-25(27)33-21-6-1-17(2-7-21)16-32-20-8-3-18(4-9-20)22-10-5-19-15-29(14-12-24(30)31)13-11-23(19)28-22/h1-10,23,25,28H,11-16H2,(H,30,31). The van der Waals surface area contributed by atoms with Crippen LogP contribution in [0.1, 0.15) is 24.0 Å². The van der Waals surface area contributed by atoms with Gasteiger partial charge in [0.2, 0.25) is 0 Å². The Balaban J connectivity index is 1.31. The van der Waals surface area contributed by atoms with Gasteiger partial charge in [0.05, 0.1) is 12.5 Å². The third kappa shape index (κ3) is 6.32. The van der Waals surface area contributed by atoms with Gasteiger partial charge < -0.3 is 19.9 Å². The third-order valence-corrected chi connectivity index (χ3v) is 5.74. The number of carbonyl (C=O) groups is 1. The van der Waals surface area contributed by atoms with Gasteiger partial charge in [0.25, 0.3) is 0 Å². The van der Waals surface area contributed by atoms with Crippen molar-refractivity contribution in [3.63, 3.8) is 0 Å². The highest BCUT2D eigenvalue weighted by atomic mass is 19.3. The minimum atomic E-state index is -2.84. The Morgan fingerprint density at radius 2 is 1.82 bits per heavy atom. The van der Waals surface area contributed by atoms with Gasteiger partial charge in [-0.3, -0.25) is 9.69 Å². The molecule has 1 saturated heterocycles. The summed E-state index contributed by atoms with van der Waals surface area (Å²) in [6.07, 6.45) is 5.30. The Morgan fingerprint density at radius 1 is 1.09 bits per heavy atom. The maximum atomic E-state index is 12.2. The van der Waals surface area contributed by atoms with Crippen LogP contribution in [0, 0.1) is 0 Å². The first-order valence-corrected chi connectivity index (χ1v) is 10.8. The molecule has 2 N–H and O–H groups in total. The van der Waals surface area contributed by atoms with Crippen LogP contribution in [0.15, 0.2) is 66.3 Å². The molecule has 2 aliphatic rings. The number of aliphatic carboxylic acids is 1. The maximum absolute atomic E-state index is 12.2. The van der Waals surface area contributed by atoms with E-state index in [0.29, 0.717) is 18.9 Å². The number of nitrogens with one attached hydrogen (secondary N) is 1. The van der Waals surface area contributed by atoms with Crippen LogP contribution < -0.4 is 14.8 Å². The van der Waals surface area contributed by atoms with E-state index in [9.17, 15) is 13.6 Å². The quantitative estimate of drug-likeness (QED) is 0.587. The fourth-order valence-corrected chi connectivity index (χ4v) is 3.99. The lowest BCUT2D eigenvalue weighted by atomic mass is 9.93. The van der Waals surface area contributed by atoms with Crippen LogP contribution in [-0.2, 0) is 11.4 Å². The van der Waals surface area contributed by atoms with Crippen molar-refractivity contribution in [3.05, 3.63) is 77.4 Å². The summed E-state index contributed by atoms with van der Waals surface area (Å²) in [5.74, 6) is 0.0698. The molecule has 2 aromatic carbocycles. The monoisotopic (exact) mass is 456 g/mol. The van der Waals surface area contributed by atoms with E-state index in [1.165, 1.54) is 17.7 Å². The number of halogens is 2. The number of nitrogens with zero attached hydrogens (tertiary/aromatic N) is 1. The summed E-state index contributed by atoms with van der Waals surface area (Å²) in [7, 11) is 0. The van der Waals surface area contributed by atoms with Crippen molar-refractivity contribution in [2.45, 2.75) is 32.1 Å². The molecule has 8 heteroatoms. The number of rotatable bonds is 9. The zero-order valence-corrected chi connectivity index (χ0v) is 18.0. The number of carboxylic acid groups (broad SMARTS) is 1. The highest BCUT2D eigenvalue weighted by Gasteiger charge is 2.26. The molecule has 0 saturated carbocycles. The number of benzene rings is 2. The van der Waals surface area contributed by atoms with E-state index in [1.807, 2.05) is 24.3 Å². The minimum Gasteiger partial charge on any atom is -0.489 e. The highest BCUT2D eigenvalue weighted by molar-refractivity contribution is 5.69. The number of hydrogen-bond acceptors (Lipinski definition) is 5. The second-order valence-corrected chi connectivity index (χ2v) is 8.06. The smallest absolute Gasteiger partial charge is 0.387 e. The van der Waals surface area contributed by atoms with E-state index in [0.717, 1.165) is 36.3 Å². The second kappa shape index (κ2) is 10.5. The fraction of sp³-hybridized carbons (Fsp3) is 0.320. The van der Waals surface area contributed by atoms with Gasteiger partial charge in [0.15, 0.2) is 0 Å². The predicted molar refractivity (Wildman–Crippen MR) is 120 cm³/mol. The molecule has 0 radical (unpaired) electrons. The molecule has 4 rings (SSSR count). The first-order chi connectivity index (χ1) is 16.0. The minimum absolute atomic E-state index is 0.120. The van der Waals surface area contributed by atoms with E-state index in [2.05, 4.69) is 27.1 Å². The van der Waals surface area contributed by atoms with E-state index in [1.54, 1.807) is 12.1 Å². The Hall–Kier alpha value is -3.39. The van der Waals surface area contributed by atoms with Crippen LogP contribution in [0.3, 0.4) is 0 Å². The van der Waals surface area contributed by atoms with E-state index < -0.39 is 12.6 Å². The van der Waals surface area contributed by atoms with Crippen molar-refractivity contribution in [3.8, 4) is 11.5 Å². The largest absolute Gasteiger partial charge is 0.489 e. The fourth-order valence-electron chi connectivity index (χ4n) is 3.99. The van der Waals surface area contributed by atoms with Crippen molar-refractivity contribution in [1.82, 2.24) is 10.2 Å². The van der Waals surface area contributed by atoms with Gasteiger partial charge in [-0.2, -0.15) is 8.78 Å². The first-order valence-electron chi connectivity index (χ1n) is 10.8. The summed E-state index contributed by atoms with van der Waals surface area (Å²) in [4.78, 5) is 13.0. The number of alkyl halides is 2. The summed E-state index contributed by atoms with van der Waals surface area (Å²) in [5, 5.41) is 12.5. The number of hydrogen-bond donors (Lipinski definition) is 2. The summed E-state index contributed by atoms with van der Waals surface area (Å²) in [6.45, 7) is -0.278. The van der Waals surface area contributed by atoms with Crippen molar-refractivity contribution in [1.29, 1.82) is 0 Å². The molecule has 1 fully saturated rings. The molecule has 0 amide bonds. The molecule has 2 heterocycles. The Bertz CT molecular complexity index is 1020. The number of ether oxygens (including phenoxy) is 2. The molecule has 1 unspecified atom stereocenters. The zero-order valence-electron chi connectivity index (χ0n) is 18.0. The number of allylic oxidation sites excluding steroid dienone is 2. The Labute approximate surface area is 191 Å². The highest BCUT2D eigenvalue weighted by Crippen LogP contribution is 2.26. The number of likely N-dealkylation sites (tertiary alicyclic amines) is 1. The van der Waals surface area contributed by atoms with Crippen LogP contribution in [0.25, 0.3) is 5.70 Å². The van der Waals surface area contributed by atoms with Crippen molar-refractivity contribution in [2.24, 2.45) is 0 Å². The lowest BCUT2D eigenvalue weighted by Crippen LogP contribution is -2.45. The molecule has 1 atom stereocenters. The topological polar surface area (TPSA) is 71.0 Å². The first kappa shape index (κ1) is 22.8. The molecule has 174 valence electrons. The lowest BCUT2D eigenvalue weighted by Gasteiger charge is -2.37. The molecule has 0 aliphatic carbocycles. The van der Waals surface area contributed by atoms with Gasteiger partial charge in [-0.25, -0.2) is 0 Å². The maximum Gasteiger partial charge on any atom is 0.387 e. The molecule has 2 aromatic rings. The van der Waals surface area contributed by atoms with Crippen LogP contribution in [0.2, 0.25) is 0 Å². The van der Waals surface area contributed by atoms with E-state index in [4.69, 9.17) is 9.84 Å². The molecular weight excluding hydrogens is 430 g/mol. The molecule has 6 nitrogen and oxygen atoms in total. The average molecular weight is 456 g/mol. The van der Waals surface area contributed by atoms with Crippen LogP contribution in [0.5, 0.6) is 11.5 Å². The summed E-state index contributed by atoms with van der Waals surface area (Å²) >= 11 is 0. The molecule has 0 aromatic heterocycles. The van der Waals surface area contributed by atoms with E-state index in [-0.39, 0.29) is 18.2 Å². The number of dihydropyridines is 1. The second-order valence-electron chi connectivity index (χ2n) is 8.06. The normalized spacial score (nSPS) is 18.1. The van der Waals surface area contributed by atoms with Crippen LogP contribution in [0.4, 0.5) is 8.78 Å². The summed E-state index contributed by atoms with van der Waals surface area (Å²) < 4.78 is 34.6. The number of carboxylic acids is 1. The van der Waals surface area contributed by atoms with Gasteiger partial charge in [0, 0.05) is 25.3 Å². The van der Waals surface area contributed by atoms with Gasteiger partial charge in [-0.05, 0) is 65.6 Å². The zero-order chi connectivity index (χ0) is 23.2.